The summed E-state index contributed by atoms with van der Waals surface area (Å²) in [4.78, 5) is 7.00. The minimum Gasteiger partial charge on any atom is -0.376 e. The molecule has 0 radical (unpaired) electrons. The average molecular weight is 380 g/mol. The van der Waals surface area contributed by atoms with E-state index in [1.54, 1.807) is 0 Å². The smallest absolute Gasteiger partial charge is 0.0717 e. The second-order valence-electron chi connectivity index (χ2n) is 7.55. The second-order valence-corrected chi connectivity index (χ2v) is 7.55. The molecule has 29 heavy (non-hydrogen) atoms. The lowest BCUT2D eigenvalue weighted by Gasteiger charge is -2.18. The van der Waals surface area contributed by atoms with Crippen molar-refractivity contribution in [3.63, 3.8) is 0 Å². The monoisotopic (exact) mass is 380 g/mol. The minimum absolute atomic E-state index is 0.144. The summed E-state index contributed by atoms with van der Waals surface area (Å²) in [5, 5.41) is 2.52. The summed E-state index contributed by atoms with van der Waals surface area (Å²) in [6.07, 6.45) is 2.14. The highest BCUT2D eigenvalue weighted by molar-refractivity contribution is 5.89. The molecule has 2 aromatic heterocycles. The number of hydrogen-bond acceptors (Lipinski definition) is 1. The van der Waals surface area contributed by atoms with E-state index in [0.717, 1.165) is 5.52 Å². The lowest BCUT2D eigenvalue weighted by Crippen LogP contribution is -2.10. The highest BCUT2D eigenvalue weighted by atomic mass is 16.5. The molecule has 0 saturated carbocycles. The third kappa shape index (κ3) is 3.34. The van der Waals surface area contributed by atoms with Crippen molar-refractivity contribution in [1.29, 1.82) is 0 Å². The van der Waals surface area contributed by atoms with Gasteiger partial charge in [-0.2, -0.15) is 0 Å². The van der Waals surface area contributed by atoms with Crippen LogP contribution in [0.25, 0.3) is 21.8 Å². The fourth-order valence-corrected chi connectivity index (χ4v) is 4.33. The van der Waals surface area contributed by atoms with Gasteiger partial charge in [0.05, 0.1) is 13.2 Å². The number of aromatic nitrogens is 2. The number of para-hydroxylation sites is 2. The van der Waals surface area contributed by atoms with E-state index in [0.29, 0.717) is 13.2 Å². The molecule has 0 aliphatic carbocycles. The maximum absolute atomic E-state index is 6.25. The molecule has 3 nitrogen and oxygen atoms in total. The van der Waals surface area contributed by atoms with Crippen LogP contribution in [0.1, 0.15) is 28.3 Å². The molecule has 144 valence electrons. The third-order valence-corrected chi connectivity index (χ3v) is 5.68. The summed E-state index contributed by atoms with van der Waals surface area (Å²) < 4.78 is 6.25. The molecule has 0 bridgehead atoms. The molecular formula is C26H24N2O. The third-order valence-electron chi connectivity index (χ3n) is 5.68. The number of hydrogen-bond donors (Lipinski definition) is 2. The van der Waals surface area contributed by atoms with Crippen LogP contribution in [0.3, 0.4) is 0 Å². The minimum atomic E-state index is 0.144. The summed E-state index contributed by atoms with van der Waals surface area (Å²) in [5.74, 6) is 0.144. The molecule has 0 aliphatic heterocycles. The Hall–Kier alpha value is -3.30. The summed E-state index contributed by atoms with van der Waals surface area (Å²) in [6.45, 7) is 3.40. The molecule has 1 atom stereocenters. The Morgan fingerprint density at radius 1 is 0.793 bits per heavy atom. The van der Waals surface area contributed by atoms with E-state index in [4.69, 9.17) is 4.74 Å². The van der Waals surface area contributed by atoms with Gasteiger partial charge in [0, 0.05) is 39.6 Å². The Morgan fingerprint density at radius 3 is 2.31 bits per heavy atom. The van der Waals surface area contributed by atoms with Gasteiger partial charge < -0.3 is 14.7 Å². The van der Waals surface area contributed by atoms with Crippen molar-refractivity contribution in [2.45, 2.75) is 19.4 Å². The molecule has 0 fully saturated rings. The van der Waals surface area contributed by atoms with Gasteiger partial charge in [-0.3, -0.25) is 0 Å². The number of benzene rings is 3. The maximum Gasteiger partial charge on any atom is 0.0717 e. The molecule has 5 rings (SSSR count). The van der Waals surface area contributed by atoms with Crippen molar-refractivity contribution in [3.05, 3.63) is 107 Å². The molecule has 1 unspecified atom stereocenters. The number of rotatable bonds is 6. The van der Waals surface area contributed by atoms with Gasteiger partial charge in [-0.15, -0.1) is 0 Å². The molecule has 3 aromatic carbocycles. The topological polar surface area (TPSA) is 40.8 Å². The fourth-order valence-electron chi connectivity index (χ4n) is 4.33. The van der Waals surface area contributed by atoms with Crippen LogP contribution in [0, 0.1) is 6.92 Å². The van der Waals surface area contributed by atoms with Crippen molar-refractivity contribution in [1.82, 2.24) is 9.97 Å². The van der Waals surface area contributed by atoms with E-state index in [9.17, 15) is 0 Å². The standard InChI is InChI=1S/C26H24N2O/c1-18-26(21-12-6-8-14-25(21)28-18)23(17-29-16-19-9-3-2-4-10-19)22-15-27-24-13-7-5-11-20(22)24/h2-15,23,27-28H,16-17H2,1H3. The first-order valence-corrected chi connectivity index (χ1v) is 10.1. The number of H-pyrrole nitrogens is 2. The molecule has 0 aliphatic rings. The number of aryl methyl sites for hydroxylation is 1. The molecule has 2 N–H and O–H groups in total. The van der Waals surface area contributed by atoms with Crippen LogP contribution in [-0.4, -0.2) is 16.6 Å². The van der Waals surface area contributed by atoms with Crippen LogP contribution in [0.2, 0.25) is 0 Å². The van der Waals surface area contributed by atoms with Gasteiger partial charge in [0.1, 0.15) is 0 Å². The number of fused-ring (bicyclic) bond motifs is 2. The molecule has 0 saturated heterocycles. The zero-order valence-corrected chi connectivity index (χ0v) is 16.5. The number of aromatic amines is 2. The average Bonchev–Trinajstić information content (AvgIpc) is 3.33. The SMILES string of the molecule is Cc1[nH]c2ccccc2c1C(COCc1ccccc1)c1c[nH]c2ccccc12. The van der Waals surface area contributed by atoms with Crippen LogP contribution in [0.15, 0.2) is 85.1 Å². The lowest BCUT2D eigenvalue weighted by molar-refractivity contribution is 0.114. The molecule has 5 aromatic rings. The van der Waals surface area contributed by atoms with Crippen LogP contribution >= 0.6 is 0 Å². The predicted molar refractivity (Wildman–Crippen MR) is 119 cm³/mol. The second kappa shape index (κ2) is 7.61. The van der Waals surface area contributed by atoms with Gasteiger partial charge in [0.15, 0.2) is 0 Å². The van der Waals surface area contributed by atoms with Gasteiger partial charge in [0.25, 0.3) is 0 Å². The first kappa shape index (κ1) is 17.8. The van der Waals surface area contributed by atoms with E-state index in [-0.39, 0.29) is 5.92 Å². The summed E-state index contributed by atoms with van der Waals surface area (Å²) in [6, 6.07) is 27.4. The molecule has 0 spiro atoms. The zero-order valence-electron chi connectivity index (χ0n) is 16.5. The Labute approximate surface area is 170 Å². The van der Waals surface area contributed by atoms with Gasteiger partial charge in [-0.1, -0.05) is 66.7 Å². The van der Waals surface area contributed by atoms with E-state index < -0.39 is 0 Å². The Balaban J connectivity index is 1.56. The maximum atomic E-state index is 6.25. The van der Waals surface area contributed by atoms with Gasteiger partial charge >= 0.3 is 0 Å². The largest absolute Gasteiger partial charge is 0.376 e. The van der Waals surface area contributed by atoms with Crippen molar-refractivity contribution < 1.29 is 4.74 Å². The normalized spacial score (nSPS) is 12.6. The first-order chi connectivity index (χ1) is 14.3. The number of ether oxygens (including phenoxy) is 1. The van der Waals surface area contributed by atoms with E-state index >= 15 is 0 Å². The summed E-state index contributed by atoms with van der Waals surface area (Å²) >= 11 is 0. The Bertz CT molecular complexity index is 1250. The summed E-state index contributed by atoms with van der Waals surface area (Å²) in [5.41, 5.74) is 7.33. The predicted octanol–water partition coefficient (Wildman–Crippen LogP) is 6.31. The Morgan fingerprint density at radius 2 is 1.48 bits per heavy atom. The van der Waals surface area contributed by atoms with Crippen molar-refractivity contribution in [2.75, 3.05) is 6.61 Å². The fraction of sp³-hybridized carbons (Fsp3) is 0.154. The van der Waals surface area contributed by atoms with Crippen LogP contribution < -0.4 is 0 Å². The zero-order chi connectivity index (χ0) is 19.6. The van der Waals surface area contributed by atoms with Crippen LogP contribution in [-0.2, 0) is 11.3 Å². The van der Waals surface area contributed by atoms with Crippen LogP contribution in [0.4, 0.5) is 0 Å². The van der Waals surface area contributed by atoms with Crippen molar-refractivity contribution in [3.8, 4) is 0 Å². The quantitative estimate of drug-likeness (QED) is 0.356. The number of nitrogens with one attached hydrogen (secondary N) is 2. The van der Waals surface area contributed by atoms with Crippen LogP contribution in [0.5, 0.6) is 0 Å². The van der Waals surface area contributed by atoms with E-state index in [1.165, 1.54) is 38.7 Å². The summed E-state index contributed by atoms with van der Waals surface area (Å²) in [7, 11) is 0. The first-order valence-electron chi connectivity index (χ1n) is 10.1. The van der Waals surface area contributed by atoms with Gasteiger partial charge in [0.2, 0.25) is 0 Å². The lowest BCUT2D eigenvalue weighted by atomic mass is 9.89. The van der Waals surface area contributed by atoms with Crippen molar-refractivity contribution >= 4 is 21.8 Å². The van der Waals surface area contributed by atoms with Gasteiger partial charge in [-0.25, -0.2) is 0 Å². The Kier molecular flexibility index (Phi) is 4.66. The molecule has 2 heterocycles. The van der Waals surface area contributed by atoms with Crippen molar-refractivity contribution in [2.24, 2.45) is 0 Å². The highest BCUT2D eigenvalue weighted by Gasteiger charge is 2.23. The molecular weight excluding hydrogens is 356 g/mol. The van der Waals surface area contributed by atoms with E-state index in [2.05, 4.69) is 95.9 Å². The highest BCUT2D eigenvalue weighted by Crippen LogP contribution is 2.37. The molecule has 3 heteroatoms. The van der Waals surface area contributed by atoms with E-state index in [1.807, 2.05) is 6.07 Å². The van der Waals surface area contributed by atoms with Gasteiger partial charge in [-0.05, 0) is 35.7 Å². The molecule has 0 amide bonds.